The third kappa shape index (κ3) is 4.80. The third-order valence-corrected chi connectivity index (χ3v) is 4.67. The largest absolute Gasteiger partial charge is 0.317 e. The van der Waals surface area contributed by atoms with Gasteiger partial charge in [0.05, 0.1) is 11.4 Å². The number of hydrogen-bond acceptors (Lipinski definition) is 3. The Kier molecular flexibility index (Phi) is 6.24. The van der Waals surface area contributed by atoms with Gasteiger partial charge in [-0.25, -0.2) is 12.8 Å². The Hall–Kier alpha value is -1.14. The van der Waals surface area contributed by atoms with Crippen LogP contribution in [-0.4, -0.2) is 33.8 Å². The van der Waals surface area contributed by atoms with Gasteiger partial charge in [0.1, 0.15) is 5.82 Å². The molecule has 0 spiro atoms. The van der Waals surface area contributed by atoms with Crippen LogP contribution >= 0.6 is 0 Å². The topological polar surface area (TPSA) is 49.4 Å². The molecule has 108 valence electrons. The number of anilines is 1. The van der Waals surface area contributed by atoms with Crippen LogP contribution in [0, 0.1) is 5.82 Å². The van der Waals surface area contributed by atoms with Crippen LogP contribution in [0.15, 0.2) is 24.3 Å². The average Bonchev–Trinajstić information content (AvgIpc) is 2.35. The molecule has 1 aromatic carbocycles. The molecule has 0 aromatic heterocycles. The second-order valence-corrected chi connectivity index (χ2v) is 6.18. The van der Waals surface area contributed by atoms with E-state index in [0.29, 0.717) is 25.2 Å². The highest BCUT2D eigenvalue weighted by Gasteiger charge is 2.20. The molecule has 0 saturated heterocycles. The van der Waals surface area contributed by atoms with Crippen LogP contribution in [0.1, 0.15) is 20.3 Å². The van der Waals surface area contributed by atoms with E-state index in [1.54, 1.807) is 13.0 Å². The van der Waals surface area contributed by atoms with Crippen molar-refractivity contribution < 1.29 is 12.8 Å². The van der Waals surface area contributed by atoms with Gasteiger partial charge in [-0.3, -0.25) is 4.31 Å². The Morgan fingerprint density at radius 2 is 2.05 bits per heavy atom. The molecule has 0 atom stereocenters. The van der Waals surface area contributed by atoms with Crippen molar-refractivity contribution in [3.63, 3.8) is 0 Å². The van der Waals surface area contributed by atoms with Gasteiger partial charge in [0.25, 0.3) is 0 Å². The van der Waals surface area contributed by atoms with E-state index in [4.69, 9.17) is 0 Å². The molecule has 1 N–H and O–H groups in total. The number of benzene rings is 1. The first kappa shape index (κ1) is 15.9. The van der Waals surface area contributed by atoms with Crippen molar-refractivity contribution in [2.45, 2.75) is 20.3 Å². The van der Waals surface area contributed by atoms with Gasteiger partial charge in [-0.15, -0.1) is 0 Å². The minimum Gasteiger partial charge on any atom is -0.317 e. The maximum atomic E-state index is 13.2. The first-order chi connectivity index (χ1) is 9.01. The van der Waals surface area contributed by atoms with Gasteiger partial charge in [0, 0.05) is 6.54 Å². The van der Waals surface area contributed by atoms with E-state index in [1.165, 1.54) is 22.5 Å². The first-order valence-corrected chi connectivity index (χ1v) is 8.09. The molecule has 6 heteroatoms. The highest BCUT2D eigenvalue weighted by Crippen LogP contribution is 2.19. The van der Waals surface area contributed by atoms with Crippen LogP contribution in [-0.2, 0) is 10.0 Å². The quantitative estimate of drug-likeness (QED) is 0.744. The van der Waals surface area contributed by atoms with Crippen LogP contribution in [0.25, 0.3) is 0 Å². The Labute approximate surface area is 114 Å². The Morgan fingerprint density at radius 1 is 1.32 bits per heavy atom. The molecule has 0 aliphatic heterocycles. The van der Waals surface area contributed by atoms with Crippen molar-refractivity contribution in [3.8, 4) is 0 Å². The predicted molar refractivity (Wildman–Crippen MR) is 76.4 cm³/mol. The molecule has 0 bridgehead atoms. The van der Waals surface area contributed by atoms with Gasteiger partial charge < -0.3 is 5.32 Å². The summed E-state index contributed by atoms with van der Waals surface area (Å²) in [7, 11) is -3.40. The lowest BCUT2D eigenvalue weighted by atomic mass is 10.3. The van der Waals surface area contributed by atoms with E-state index >= 15 is 0 Å². The lowest BCUT2D eigenvalue weighted by Crippen LogP contribution is -2.33. The van der Waals surface area contributed by atoms with Gasteiger partial charge in [0.2, 0.25) is 10.0 Å². The number of nitrogens with zero attached hydrogens (tertiary/aromatic N) is 1. The van der Waals surface area contributed by atoms with Gasteiger partial charge in [-0.2, -0.15) is 0 Å². The van der Waals surface area contributed by atoms with Gasteiger partial charge in [-0.1, -0.05) is 13.0 Å². The zero-order valence-electron chi connectivity index (χ0n) is 11.4. The van der Waals surface area contributed by atoms with Gasteiger partial charge in [-0.05, 0) is 44.6 Å². The second-order valence-electron chi connectivity index (χ2n) is 4.17. The van der Waals surface area contributed by atoms with E-state index in [-0.39, 0.29) is 5.75 Å². The Balaban J connectivity index is 2.78. The lowest BCUT2D eigenvalue weighted by Gasteiger charge is -2.22. The molecule has 1 aromatic rings. The summed E-state index contributed by atoms with van der Waals surface area (Å²) in [6, 6.07) is 5.66. The van der Waals surface area contributed by atoms with Crippen LogP contribution in [0.2, 0.25) is 0 Å². The first-order valence-electron chi connectivity index (χ1n) is 6.48. The maximum Gasteiger partial charge on any atom is 0.235 e. The van der Waals surface area contributed by atoms with E-state index in [0.717, 1.165) is 6.54 Å². The molecule has 0 unspecified atom stereocenters. The molecule has 19 heavy (non-hydrogen) atoms. The van der Waals surface area contributed by atoms with Crippen molar-refractivity contribution in [3.05, 3.63) is 30.1 Å². The monoisotopic (exact) mass is 288 g/mol. The van der Waals surface area contributed by atoms with E-state index in [1.807, 2.05) is 6.92 Å². The molecule has 0 amide bonds. The number of halogens is 1. The number of nitrogens with one attached hydrogen (secondary N) is 1. The normalized spacial score (nSPS) is 11.5. The zero-order chi connectivity index (χ0) is 14.3. The van der Waals surface area contributed by atoms with Crippen molar-refractivity contribution in [2.75, 3.05) is 29.7 Å². The minimum atomic E-state index is -3.40. The molecule has 0 fully saturated rings. The molecular formula is C13H21FN2O2S. The highest BCUT2D eigenvalue weighted by atomic mass is 32.2. The van der Waals surface area contributed by atoms with Crippen molar-refractivity contribution in [1.82, 2.24) is 5.32 Å². The standard InChI is InChI=1S/C13H21FN2O2S/c1-3-15-9-6-10-19(17,18)16(4-2)13-8-5-7-12(14)11-13/h5,7-8,11,15H,3-4,6,9-10H2,1-2H3. The van der Waals surface area contributed by atoms with Crippen LogP contribution in [0.5, 0.6) is 0 Å². The molecule has 0 radical (unpaired) electrons. The maximum absolute atomic E-state index is 13.2. The lowest BCUT2D eigenvalue weighted by molar-refractivity contribution is 0.585. The molecule has 0 aliphatic rings. The van der Waals surface area contributed by atoms with Crippen LogP contribution in [0.4, 0.5) is 10.1 Å². The summed E-state index contributed by atoms with van der Waals surface area (Å²) in [5.74, 6) is -0.372. The number of rotatable bonds is 8. The average molecular weight is 288 g/mol. The summed E-state index contributed by atoms with van der Waals surface area (Å²) in [5.41, 5.74) is 0.381. The van der Waals surface area contributed by atoms with Crippen molar-refractivity contribution >= 4 is 15.7 Å². The summed E-state index contributed by atoms with van der Waals surface area (Å²) >= 11 is 0. The molecule has 1 rings (SSSR count). The fourth-order valence-corrected chi connectivity index (χ4v) is 3.40. The molecule has 4 nitrogen and oxygen atoms in total. The zero-order valence-corrected chi connectivity index (χ0v) is 12.2. The van der Waals surface area contributed by atoms with Crippen molar-refractivity contribution in [2.24, 2.45) is 0 Å². The van der Waals surface area contributed by atoms with E-state index < -0.39 is 15.8 Å². The predicted octanol–water partition coefficient (Wildman–Crippen LogP) is 1.98. The smallest absolute Gasteiger partial charge is 0.235 e. The summed E-state index contributed by atoms with van der Waals surface area (Å²) in [6.45, 7) is 5.50. The third-order valence-electron chi connectivity index (χ3n) is 2.73. The van der Waals surface area contributed by atoms with E-state index in [2.05, 4.69) is 5.32 Å². The summed E-state index contributed by atoms with van der Waals surface area (Å²) in [4.78, 5) is 0. The molecule has 0 saturated carbocycles. The Bertz CT molecular complexity index is 491. The fraction of sp³-hybridized carbons (Fsp3) is 0.538. The van der Waals surface area contributed by atoms with Gasteiger partial charge in [0.15, 0.2) is 0 Å². The van der Waals surface area contributed by atoms with Crippen molar-refractivity contribution in [1.29, 1.82) is 0 Å². The minimum absolute atomic E-state index is 0.0599. The summed E-state index contributed by atoms with van der Waals surface area (Å²) in [5, 5.41) is 3.08. The summed E-state index contributed by atoms with van der Waals surface area (Å²) in [6.07, 6.45) is 0.544. The number of sulfonamides is 1. The van der Waals surface area contributed by atoms with Gasteiger partial charge >= 0.3 is 0 Å². The van der Waals surface area contributed by atoms with Crippen LogP contribution in [0.3, 0.4) is 0 Å². The fourth-order valence-electron chi connectivity index (χ4n) is 1.84. The second kappa shape index (κ2) is 7.45. The molecule has 0 heterocycles. The molecule has 0 aliphatic carbocycles. The Morgan fingerprint density at radius 3 is 2.63 bits per heavy atom. The SMILES string of the molecule is CCNCCCS(=O)(=O)N(CC)c1cccc(F)c1. The number of hydrogen-bond donors (Lipinski definition) is 1. The highest BCUT2D eigenvalue weighted by molar-refractivity contribution is 7.92. The van der Waals surface area contributed by atoms with Crippen LogP contribution < -0.4 is 9.62 Å². The summed E-state index contributed by atoms with van der Waals surface area (Å²) < 4.78 is 38.8. The molecular weight excluding hydrogens is 267 g/mol. The van der Waals surface area contributed by atoms with E-state index in [9.17, 15) is 12.8 Å².